The minimum absolute atomic E-state index is 0.0503. The van der Waals surface area contributed by atoms with Crippen LogP contribution in [0.3, 0.4) is 0 Å². The first-order valence-electron chi connectivity index (χ1n) is 15.5. The number of nitrogens with zero attached hydrogens (tertiary/aromatic N) is 3. The molecule has 11 heteroatoms. The third-order valence-electron chi connectivity index (χ3n) is 9.40. The van der Waals surface area contributed by atoms with E-state index in [1.165, 1.54) is 17.5 Å². The number of aromatic hydroxyl groups is 1. The topological polar surface area (TPSA) is 168 Å². The Morgan fingerprint density at radius 3 is 2.26 bits per heavy atom. The Morgan fingerprint density at radius 2 is 1.70 bits per heavy atom. The largest absolute Gasteiger partial charge is 0.508 e. The molecule has 1 saturated carbocycles. The zero-order chi connectivity index (χ0) is 34.2. The van der Waals surface area contributed by atoms with Crippen LogP contribution >= 0.6 is 0 Å². The molecule has 6 N–H and O–H groups in total. The summed E-state index contributed by atoms with van der Waals surface area (Å²) in [6.07, 6.45) is 0.293. The first-order chi connectivity index (χ1) is 21.6. The minimum Gasteiger partial charge on any atom is -0.508 e. The molecule has 0 aromatic heterocycles. The molecule has 0 heterocycles. The van der Waals surface area contributed by atoms with Crippen molar-refractivity contribution in [3.05, 3.63) is 70.0 Å². The number of likely N-dealkylation sites (N-methyl/N-ethyl adjacent to an activating group) is 3. The molecule has 0 bridgehead atoms. The molecule has 0 radical (unpaired) electrons. The molecule has 11 nitrogen and oxygen atoms in total. The van der Waals surface area contributed by atoms with Crippen LogP contribution in [0.5, 0.6) is 5.75 Å². The van der Waals surface area contributed by atoms with E-state index >= 15 is 0 Å². The second-order valence-electron chi connectivity index (χ2n) is 13.0. The van der Waals surface area contributed by atoms with Crippen LogP contribution in [-0.4, -0.2) is 119 Å². The molecule has 1 amide bonds. The third kappa shape index (κ3) is 6.07. The zero-order valence-corrected chi connectivity index (χ0v) is 27.7. The fourth-order valence-corrected chi connectivity index (χ4v) is 6.86. The van der Waals surface area contributed by atoms with E-state index in [9.17, 15) is 34.8 Å². The highest BCUT2D eigenvalue weighted by Crippen LogP contribution is 2.53. The van der Waals surface area contributed by atoms with Crippen molar-refractivity contribution in [2.45, 2.75) is 38.3 Å². The Labute approximate surface area is 270 Å². The number of ketones is 2. The van der Waals surface area contributed by atoms with Crippen LogP contribution in [-0.2, 0) is 20.8 Å². The maximum Gasteiger partial charge on any atom is 0.255 e. The number of nitrogens with two attached hydrogens (primary N) is 1. The van der Waals surface area contributed by atoms with E-state index in [-0.39, 0.29) is 29.7 Å². The summed E-state index contributed by atoms with van der Waals surface area (Å²) in [5, 5.41) is 44.6. The summed E-state index contributed by atoms with van der Waals surface area (Å²) in [6.45, 7) is 7.60. The standard InChI is InChI=1S/C28H28N2O7.C7H18N2/c1-12-5-4-6-13(9-12)15-7-8-18(31)20-16(15)10-14-11-17-22(30(2)3)24(33)21(27(29)36)26(35)28(17,37)25(34)19(14)23(20)32;1-5-9(4)7-6-8(2)3/h4-9,14,17,22,31-32,35,37H,10-11H2,1-3H3,(H2,29,36);5-7H2,1-4H3/t14-,17-,22-,28-;/m0./s1. The number of aliphatic hydroxyl groups is 3. The summed E-state index contributed by atoms with van der Waals surface area (Å²) in [5.41, 5.74) is 5.10. The van der Waals surface area contributed by atoms with Gasteiger partial charge in [-0.3, -0.25) is 19.3 Å². The van der Waals surface area contributed by atoms with Crippen LogP contribution in [0.4, 0.5) is 0 Å². The SMILES string of the molecule is CCN(C)CCN(C)C.Cc1cccc(-c2ccc(O)c3c2C[C@H]2C[C@H]4[C@H](N(C)C)C(=O)C(C(N)=O)=C(O)[C@@]4(O)C(=O)C2=C3O)c1. The van der Waals surface area contributed by atoms with Crippen molar-refractivity contribution in [3.63, 3.8) is 0 Å². The first-order valence-corrected chi connectivity index (χ1v) is 15.5. The number of aryl methyl sites for hydroxylation is 1. The molecule has 5 rings (SSSR count). The molecule has 3 aliphatic carbocycles. The van der Waals surface area contributed by atoms with E-state index in [1.54, 1.807) is 20.2 Å². The highest BCUT2D eigenvalue weighted by Gasteiger charge is 2.64. The maximum atomic E-state index is 13.9. The molecular formula is C35H46N4O7. The lowest BCUT2D eigenvalue weighted by atomic mass is 9.57. The quantitative estimate of drug-likeness (QED) is 0.286. The van der Waals surface area contributed by atoms with E-state index in [4.69, 9.17) is 5.73 Å². The second kappa shape index (κ2) is 13.4. The monoisotopic (exact) mass is 634 g/mol. The van der Waals surface area contributed by atoms with Crippen molar-refractivity contribution < 1.29 is 34.8 Å². The lowest BCUT2D eigenvalue weighted by molar-refractivity contribution is -0.153. The number of hydrogen-bond donors (Lipinski definition) is 5. The summed E-state index contributed by atoms with van der Waals surface area (Å²) >= 11 is 0. The van der Waals surface area contributed by atoms with Gasteiger partial charge in [0.05, 0.1) is 11.6 Å². The molecule has 0 saturated heterocycles. The number of phenols is 1. The van der Waals surface area contributed by atoms with E-state index in [1.807, 2.05) is 31.2 Å². The van der Waals surface area contributed by atoms with Crippen LogP contribution in [0.2, 0.25) is 0 Å². The summed E-state index contributed by atoms with van der Waals surface area (Å²) in [5.74, 6) is -6.61. The van der Waals surface area contributed by atoms with Gasteiger partial charge in [-0.25, -0.2) is 0 Å². The Hall–Kier alpha value is -4.03. The van der Waals surface area contributed by atoms with Gasteiger partial charge in [0.1, 0.15) is 22.8 Å². The molecule has 4 atom stereocenters. The normalized spacial score (nSPS) is 24.1. The third-order valence-corrected chi connectivity index (χ3v) is 9.40. The number of carbonyl (C=O) groups excluding carboxylic acids is 3. The predicted octanol–water partition coefficient (Wildman–Crippen LogP) is 2.44. The number of fused-ring (bicyclic) bond motifs is 3. The Kier molecular flexibility index (Phi) is 10.1. The number of primary amides is 1. The van der Waals surface area contributed by atoms with Crippen LogP contribution in [0.25, 0.3) is 16.9 Å². The van der Waals surface area contributed by atoms with Gasteiger partial charge >= 0.3 is 0 Å². The highest BCUT2D eigenvalue weighted by atomic mass is 16.3. The van der Waals surface area contributed by atoms with Crippen molar-refractivity contribution in [2.24, 2.45) is 17.6 Å². The van der Waals surface area contributed by atoms with Gasteiger partial charge in [0, 0.05) is 24.6 Å². The highest BCUT2D eigenvalue weighted by molar-refractivity contribution is 6.24. The van der Waals surface area contributed by atoms with Gasteiger partial charge < -0.3 is 36.0 Å². The van der Waals surface area contributed by atoms with Gasteiger partial charge in [0.2, 0.25) is 5.78 Å². The molecule has 0 unspecified atom stereocenters. The summed E-state index contributed by atoms with van der Waals surface area (Å²) in [7, 11) is 9.49. The van der Waals surface area contributed by atoms with Crippen molar-refractivity contribution in [1.82, 2.24) is 14.7 Å². The molecule has 46 heavy (non-hydrogen) atoms. The number of amides is 1. The average Bonchev–Trinajstić information content (AvgIpc) is 2.97. The van der Waals surface area contributed by atoms with Gasteiger partial charge in [-0.2, -0.15) is 0 Å². The van der Waals surface area contributed by atoms with Crippen LogP contribution < -0.4 is 5.73 Å². The van der Waals surface area contributed by atoms with Gasteiger partial charge in [0.15, 0.2) is 11.4 Å². The van der Waals surface area contributed by atoms with Crippen molar-refractivity contribution in [2.75, 3.05) is 54.9 Å². The van der Waals surface area contributed by atoms with Gasteiger partial charge in [-0.1, -0.05) is 42.8 Å². The van der Waals surface area contributed by atoms with E-state index < -0.39 is 58.0 Å². The zero-order valence-electron chi connectivity index (χ0n) is 27.7. The molecule has 0 aliphatic heterocycles. The number of benzene rings is 2. The number of carbonyl (C=O) groups is 3. The molecule has 1 fully saturated rings. The Bertz CT molecular complexity index is 1610. The number of phenolic OH excluding ortho intramolecular Hbond substituents is 1. The molecule has 0 spiro atoms. The van der Waals surface area contributed by atoms with Crippen molar-refractivity contribution in [3.8, 4) is 16.9 Å². The summed E-state index contributed by atoms with van der Waals surface area (Å²) in [4.78, 5) is 45.1. The number of rotatable bonds is 7. The molecule has 2 aromatic rings. The fraction of sp³-hybridized carbons (Fsp3) is 0.457. The first kappa shape index (κ1) is 34.8. The second-order valence-corrected chi connectivity index (χ2v) is 13.0. The van der Waals surface area contributed by atoms with Gasteiger partial charge in [-0.05, 0) is 90.2 Å². The van der Waals surface area contributed by atoms with E-state index in [0.29, 0.717) is 5.56 Å². The van der Waals surface area contributed by atoms with Gasteiger partial charge in [-0.15, -0.1) is 0 Å². The minimum atomic E-state index is -2.64. The molecule has 2 aromatic carbocycles. The predicted molar refractivity (Wildman–Crippen MR) is 176 cm³/mol. The molecular weight excluding hydrogens is 588 g/mol. The van der Waals surface area contributed by atoms with Crippen LogP contribution in [0, 0.1) is 18.8 Å². The van der Waals surface area contributed by atoms with E-state index in [2.05, 4.69) is 37.9 Å². The lowest BCUT2D eigenvalue weighted by Crippen LogP contribution is -2.65. The van der Waals surface area contributed by atoms with E-state index in [0.717, 1.165) is 29.8 Å². The van der Waals surface area contributed by atoms with Crippen molar-refractivity contribution >= 4 is 23.2 Å². The lowest BCUT2D eigenvalue weighted by Gasteiger charge is -2.50. The molecule has 248 valence electrons. The smallest absolute Gasteiger partial charge is 0.255 e. The summed E-state index contributed by atoms with van der Waals surface area (Å²) < 4.78 is 0. The Balaban J connectivity index is 0.000000468. The molecule has 3 aliphatic rings. The van der Waals surface area contributed by atoms with Crippen LogP contribution in [0.15, 0.2) is 53.3 Å². The number of Topliss-reactive ketones (excluding diaryl/α,β-unsaturated/α-hetero) is 2. The number of aliphatic hydroxyl groups excluding tert-OH is 2. The Morgan fingerprint density at radius 1 is 1.02 bits per heavy atom. The van der Waals surface area contributed by atoms with Crippen LogP contribution in [0.1, 0.15) is 30.0 Å². The average molecular weight is 635 g/mol. The fourth-order valence-electron chi connectivity index (χ4n) is 6.86. The maximum absolute atomic E-state index is 13.9. The van der Waals surface area contributed by atoms with Gasteiger partial charge in [0.25, 0.3) is 5.91 Å². The van der Waals surface area contributed by atoms with Crippen molar-refractivity contribution in [1.29, 1.82) is 0 Å². The summed E-state index contributed by atoms with van der Waals surface area (Å²) in [6, 6.07) is 9.82. The number of hydrogen-bond acceptors (Lipinski definition) is 10.